The highest BCUT2D eigenvalue weighted by Gasteiger charge is 2.14. The molecule has 0 saturated carbocycles. The van der Waals surface area contributed by atoms with Crippen LogP contribution in [0.1, 0.15) is 0 Å². The number of nitrogens with two attached hydrogens (primary N) is 1. The number of imidazole rings is 1. The van der Waals surface area contributed by atoms with Crippen LogP contribution < -0.4 is 10.5 Å². The van der Waals surface area contributed by atoms with Gasteiger partial charge in [0.25, 0.3) is 0 Å². The smallest absolute Gasteiger partial charge is 0.350 e. The Hall–Kier alpha value is -1.74. The molecule has 0 spiro atoms. The van der Waals surface area contributed by atoms with Crippen molar-refractivity contribution in [2.75, 3.05) is 25.8 Å². The fourth-order valence-corrected chi connectivity index (χ4v) is 1.95. The van der Waals surface area contributed by atoms with E-state index in [0.717, 1.165) is 0 Å². The Kier molecular flexibility index (Phi) is 4.19. The van der Waals surface area contributed by atoms with Gasteiger partial charge in [0.05, 0.1) is 20.0 Å². The van der Waals surface area contributed by atoms with E-state index in [1.807, 2.05) is 0 Å². The first kappa shape index (κ1) is 14.7. The van der Waals surface area contributed by atoms with E-state index in [4.69, 9.17) is 25.0 Å². The Labute approximate surface area is 113 Å². The minimum atomic E-state index is -4.15. The molecule has 2 rings (SSSR count). The summed E-state index contributed by atoms with van der Waals surface area (Å²) < 4.78 is 22.2. The fraction of sp³-hybridized carbons (Fsp3) is 0.444. The molecule has 2 aromatic rings. The van der Waals surface area contributed by atoms with E-state index in [-0.39, 0.29) is 18.4 Å². The maximum Gasteiger partial charge on any atom is 0.350 e. The largest absolute Gasteiger partial charge is 0.479 e. The van der Waals surface area contributed by atoms with Crippen molar-refractivity contribution in [1.82, 2.24) is 19.5 Å². The number of hydrogen-bond acceptors (Lipinski definition) is 7. The van der Waals surface area contributed by atoms with Gasteiger partial charge in [-0.05, 0) is 0 Å². The first-order valence-electron chi connectivity index (χ1n) is 5.55. The number of hydrogen-bond donors (Lipinski definition) is 3. The molecule has 4 N–H and O–H groups in total. The Morgan fingerprint density at radius 1 is 1.45 bits per heavy atom. The standard InChI is InChI=1S/C9H14N5O5P/c1-18-8-6-7(12-9(10)13-8)14(4-11-6)2-3-19-5-20(15,16)17/h4H,2-3,5H2,1H3,(H2,10,12,13)(H2,15,16,17). The molecule has 10 nitrogen and oxygen atoms in total. The third kappa shape index (κ3) is 3.42. The van der Waals surface area contributed by atoms with Gasteiger partial charge in [-0.25, -0.2) is 4.98 Å². The molecule has 110 valence electrons. The molecule has 2 heterocycles. The van der Waals surface area contributed by atoms with E-state index in [9.17, 15) is 4.57 Å². The van der Waals surface area contributed by atoms with E-state index < -0.39 is 13.9 Å². The first-order valence-corrected chi connectivity index (χ1v) is 7.35. The van der Waals surface area contributed by atoms with Gasteiger partial charge >= 0.3 is 7.60 Å². The molecule has 0 aromatic carbocycles. The van der Waals surface area contributed by atoms with Crippen LogP contribution in [-0.4, -0.2) is 49.4 Å². The van der Waals surface area contributed by atoms with Crippen molar-refractivity contribution in [3.8, 4) is 5.88 Å². The van der Waals surface area contributed by atoms with E-state index in [2.05, 4.69) is 15.0 Å². The summed E-state index contributed by atoms with van der Waals surface area (Å²) in [4.78, 5) is 29.4. The van der Waals surface area contributed by atoms with Gasteiger partial charge in [-0.3, -0.25) is 4.57 Å². The Balaban J connectivity index is 2.11. The van der Waals surface area contributed by atoms with Gasteiger partial charge < -0.3 is 29.6 Å². The normalized spacial score (nSPS) is 11.9. The molecule has 2 aromatic heterocycles. The SMILES string of the molecule is COc1nc(N)nc2c1ncn2CCOCP(=O)(O)O. The molecular formula is C9H14N5O5P. The molecule has 0 amide bonds. The summed E-state index contributed by atoms with van der Waals surface area (Å²) in [6.45, 7) is 0.416. The number of anilines is 1. The van der Waals surface area contributed by atoms with Crippen molar-refractivity contribution in [3.63, 3.8) is 0 Å². The molecule has 11 heteroatoms. The molecule has 0 aliphatic heterocycles. The van der Waals surface area contributed by atoms with Crippen LogP contribution in [0.2, 0.25) is 0 Å². The zero-order valence-electron chi connectivity index (χ0n) is 10.6. The molecule has 0 aliphatic carbocycles. The van der Waals surface area contributed by atoms with Gasteiger partial charge in [0.15, 0.2) is 11.2 Å². The van der Waals surface area contributed by atoms with Crippen molar-refractivity contribution >= 4 is 24.7 Å². The third-order valence-corrected chi connectivity index (χ3v) is 2.90. The van der Waals surface area contributed by atoms with Crippen LogP contribution in [0, 0.1) is 0 Å². The van der Waals surface area contributed by atoms with Crippen LogP contribution in [0.3, 0.4) is 0 Å². The second-order valence-corrected chi connectivity index (χ2v) is 5.49. The van der Waals surface area contributed by atoms with Gasteiger partial charge in [0.1, 0.15) is 6.35 Å². The lowest BCUT2D eigenvalue weighted by atomic mass is 10.5. The number of aromatic nitrogens is 4. The highest BCUT2D eigenvalue weighted by atomic mass is 31.2. The monoisotopic (exact) mass is 303 g/mol. The molecule has 0 radical (unpaired) electrons. The van der Waals surface area contributed by atoms with Gasteiger partial charge in [-0.2, -0.15) is 9.97 Å². The zero-order valence-corrected chi connectivity index (χ0v) is 11.5. The summed E-state index contributed by atoms with van der Waals surface area (Å²) in [6.07, 6.45) is 0.877. The maximum atomic E-state index is 10.6. The lowest BCUT2D eigenvalue weighted by Gasteiger charge is -2.07. The van der Waals surface area contributed by atoms with Crippen molar-refractivity contribution in [1.29, 1.82) is 0 Å². The van der Waals surface area contributed by atoms with Gasteiger partial charge in [0.2, 0.25) is 11.8 Å². The van der Waals surface area contributed by atoms with Crippen LogP contribution in [-0.2, 0) is 15.8 Å². The van der Waals surface area contributed by atoms with Crippen molar-refractivity contribution in [3.05, 3.63) is 6.33 Å². The Bertz CT molecular complexity index is 653. The van der Waals surface area contributed by atoms with E-state index >= 15 is 0 Å². The molecule has 0 unspecified atom stereocenters. The minimum absolute atomic E-state index is 0.0484. The topological polar surface area (TPSA) is 146 Å². The van der Waals surface area contributed by atoms with Gasteiger partial charge in [-0.1, -0.05) is 0 Å². The predicted octanol–water partition coefficient (Wildman–Crippen LogP) is -0.431. The zero-order chi connectivity index (χ0) is 14.8. The van der Waals surface area contributed by atoms with Crippen molar-refractivity contribution < 1.29 is 23.8 Å². The summed E-state index contributed by atoms with van der Waals surface area (Å²) in [7, 11) is -2.71. The summed E-state index contributed by atoms with van der Waals surface area (Å²) in [5.74, 6) is 0.314. The molecule has 0 atom stereocenters. The number of nitrogens with zero attached hydrogens (tertiary/aromatic N) is 4. The van der Waals surface area contributed by atoms with Crippen LogP contribution in [0.5, 0.6) is 5.88 Å². The van der Waals surface area contributed by atoms with Gasteiger partial charge in [-0.15, -0.1) is 0 Å². The van der Waals surface area contributed by atoms with Crippen LogP contribution in [0.25, 0.3) is 11.2 Å². The van der Waals surface area contributed by atoms with Crippen LogP contribution in [0.15, 0.2) is 6.33 Å². The Morgan fingerprint density at radius 3 is 2.85 bits per heavy atom. The summed E-state index contributed by atoms with van der Waals surface area (Å²) >= 11 is 0. The first-order chi connectivity index (χ1) is 9.40. The molecule has 0 fully saturated rings. The summed E-state index contributed by atoms with van der Waals surface area (Å²) in [6, 6.07) is 0. The van der Waals surface area contributed by atoms with Crippen molar-refractivity contribution in [2.45, 2.75) is 6.54 Å². The Morgan fingerprint density at radius 2 is 2.20 bits per heavy atom. The summed E-state index contributed by atoms with van der Waals surface area (Å²) in [5, 5.41) is 0. The number of methoxy groups -OCH3 is 1. The predicted molar refractivity (Wildman–Crippen MR) is 69.2 cm³/mol. The average molecular weight is 303 g/mol. The summed E-state index contributed by atoms with van der Waals surface area (Å²) in [5.41, 5.74) is 6.48. The molecule has 0 saturated heterocycles. The highest BCUT2D eigenvalue weighted by molar-refractivity contribution is 7.51. The number of ether oxygens (including phenoxy) is 2. The van der Waals surface area contributed by atoms with E-state index in [1.165, 1.54) is 13.4 Å². The maximum absolute atomic E-state index is 10.6. The van der Waals surface area contributed by atoms with Crippen molar-refractivity contribution in [2.24, 2.45) is 0 Å². The molecule has 20 heavy (non-hydrogen) atoms. The quantitative estimate of drug-likeness (QED) is 0.477. The van der Waals surface area contributed by atoms with Crippen LogP contribution in [0.4, 0.5) is 5.95 Å². The van der Waals surface area contributed by atoms with E-state index in [1.54, 1.807) is 4.57 Å². The molecule has 0 aliphatic rings. The lowest BCUT2D eigenvalue weighted by Crippen LogP contribution is -2.08. The number of rotatable bonds is 6. The second-order valence-electron chi connectivity index (χ2n) is 3.90. The lowest BCUT2D eigenvalue weighted by molar-refractivity contribution is 0.149. The van der Waals surface area contributed by atoms with Crippen LogP contribution >= 0.6 is 7.60 Å². The number of fused-ring (bicyclic) bond motifs is 1. The molecule has 0 bridgehead atoms. The van der Waals surface area contributed by atoms with Gasteiger partial charge in [0, 0.05) is 6.54 Å². The van der Waals surface area contributed by atoms with E-state index in [0.29, 0.717) is 17.7 Å². The third-order valence-electron chi connectivity index (χ3n) is 2.38. The fourth-order valence-electron chi connectivity index (χ4n) is 1.59. The second kappa shape index (κ2) is 5.71. The minimum Gasteiger partial charge on any atom is -0.479 e. The average Bonchev–Trinajstić information content (AvgIpc) is 2.75. The highest BCUT2D eigenvalue weighted by Crippen LogP contribution is 2.33. The molecular weight excluding hydrogens is 289 g/mol. The number of nitrogen functional groups attached to an aromatic ring is 1.